The highest BCUT2D eigenvalue weighted by Gasteiger charge is 2.26. The Bertz CT molecular complexity index is 1140. The van der Waals surface area contributed by atoms with Crippen molar-refractivity contribution in [3.05, 3.63) is 42.0 Å². The lowest BCUT2D eigenvalue weighted by Gasteiger charge is -2.21. The molecule has 2 rings (SSSR count). The third-order valence-electron chi connectivity index (χ3n) is 6.90. The number of aliphatic hydroxyl groups excluding tert-OH is 1. The molecule has 0 heterocycles. The number of aliphatic hydroxyl groups is 1. The van der Waals surface area contributed by atoms with Gasteiger partial charge in [0.15, 0.2) is 0 Å². The smallest absolute Gasteiger partial charge is 0.472 e. The predicted molar refractivity (Wildman–Crippen MR) is 160 cm³/mol. The lowest BCUT2D eigenvalue weighted by Crippen LogP contribution is -2.40. The van der Waals surface area contributed by atoms with Gasteiger partial charge in [0.05, 0.1) is 38.4 Å². The van der Waals surface area contributed by atoms with Crippen molar-refractivity contribution in [3.63, 3.8) is 0 Å². The van der Waals surface area contributed by atoms with Crippen molar-refractivity contribution in [2.24, 2.45) is 0 Å². The number of nitrogens with one attached hydrogen (secondary N) is 2. The minimum absolute atomic E-state index is 0.0538. The van der Waals surface area contributed by atoms with Crippen molar-refractivity contribution in [2.45, 2.75) is 90.2 Å². The second-order valence-electron chi connectivity index (χ2n) is 10.4. The van der Waals surface area contributed by atoms with Crippen LogP contribution in [0.3, 0.4) is 0 Å². The van der Waals surface area contributed by atoms with Gasteiger partial charge in [-0.15, -0.1) is 0 Å². The monoisotopic (exact) mass is 594 g/mol. The molecule has 0 aliphatic heterocycles. The van der Waals surface area contributed by atoms with Gasteiger partial charge >= 0.3 is 7.82 Å². The van der Waals surface area contributed by atoms with E-state index in [1.807, 2.05) is 43.3 Å². The van der Waals surface area contributed by atoms with E-state index >= 15 is 0 Å². The second kappa shape index (κ2) is 18.1. The van der Waals surface area contributed by atoms with Crippen molar-refractivity contribution in [2.75, 3.05) is 26.9 Å². The number of amides is 2. The standard InChI is InChI=1S/C30H47N2O8P/c1-5-6-8-11-22(2)40-41(36,37)39-21-27(20-33)32-29(34)12-9-7-10-17-31-30(35)23(3)24-13-14-26-19-28(38-4)16-15-25(26)18-24/h13-16,18-19,22-23,27,33H,5-12,17,20-21H2,1-4H3,(H,31,35)(H,32,34)(H,36,37)/t22?,23-,27?/m0/s1. The van der Waals surface area contributed by atoms with E-state index < -0.39 is 26.6 Å². The molecule has 0 radical (unpaired) electrons. The van der Waals surface area contributed by atoms with Gasteiger partial charge in [-0.25, -0.2) is 4.57 Å². The van der Waals surface area contributed by atoms with Crippen LogP contribution in [0.25, 0.3) is 10.8 Å². The van der Waals surface area contributed by atoms with Crippen LogP contribution < -0.4 is 15.4 Å². The molecule has 0 aromatic heterocycles. The number of carbonyl (C=O) groups excluding carboxylic acids is 2. The first kappa shape index (κ1) is 34.7. The second-order valence-corrected chi connectivity index (χ2v) is 11.8. The van der Waals surface area contributed by atoms with Crippen LogP contribution in [0.2, 0.25) is 0 Å². The van der Waals surface area contributed by atoms with E-state index in [0.717, 1.165) is 54.2 Å². The molecule has 3 unspecified atom stereocenters. The highest BCUT2D eigenvalue weighted by Crippen LogP contribution is 2.45. The number of hydrogen-bond acceptors (Lipinski definition) is 7. The van der Waals surface area contributed by atoms with E-state index in [-0.39, 0.29) is 30.8 Å². The molecule has 2 aromatic rings. The molecule has 2 aromatic carbocycles. The molecule has 0 saturated heterocycles. The van der Waals surface area contributed by atoms with E-state index in [0.29, 0.717) is 19.4 Å². The number of phosphoric ester groups is 1. The molecule has 4 N–H and O–H groups in total. The maximum absolute atomic E-state index is 12.6. The molecule has 0 saturated carbocycles. The topological polar surface area (TPSA) is 143 Å². The van der Waals surface area contributed by atoms with Gasteiger partial charge in [0.25, 0.3) is 0 Å². The molecule has 2 amide bonds. The number of rotatable bonds is 20. The molecule has 11 heteroatoms. The summed E-state index contributed by atoms with van der Waals surface area (Å²) >= 11 is 0. The van der Waals surface area contributed by atoms with Gasteiger partial charge in [0.2, 0.25) is 11.8 Å². The highest BCUT2D eigenvalue weighted by atomic mass is 31.2. The van der Waals surface area contributed by atoms with E-state index in [9.17, 15) is 24.2 Å². The number of fused-ring (bicyclic) bond motifs is 1. The molecule has 0 aliphatic rings. The summed E-state index contributed by atoms with van der Waals surface area (Å²) in [4.78, 5) is 34.8. The summed E-state index contributed by atoms with van der Waals surface area (Å²) in [5, 5.41) is 17.2. The Morgan fingerprint density at radius 3 is 2.44 bits per heavy atom. The fraction of sp³-hybridized carbons (Fsp3) is 0.600. The van der Waals surface area contributed by atoms with Crippen molar-refractivity contribution in [3.8, 4) is 5.75 Å². The Kier molecular flexibility index (Phi) is 15.4. The van der Waals surface area contributed by atoms with Gasteiger partial charge in [-0.3, -0.25) is 18.6 Å². The zero-order chi connectivity index (χ0) is 30.3. The maximum Gasteiger partial charge on any atom is 0.472 e. The van der Waals surface area contributed by atoms with Gasteiger partial charge < -0.3 is 25.4 Å². The average Bonchev–Trinajstić information content (AvgIpc) is 2.95. The number of hydrogen-bond donors (Lipinski definition) is 4. The van der Waals surface area contributed by atoms with Crippen LogP contribution in [-0.4, -0.2) is 60.8 Å². The van der Waals surface area contributed by atoms with Gasteiger partial charge in [-0.1, -0.05) is 56.9 Å². The van der Waals surface area contributed by atoms with E-state index in [4.69, 9.17) is 13.8 Å². The van der Waals surface area contributed by atoms with Crippen LogP contribution in [0, 0.1) is 0 Å². The Balaban J connectivity index is 1.64. The van der Waals surface area contributed by atoms with Crippen LogP contribution >= 0.6 is 7.82 Å². The Morgan fingerprint density at radius 1 is 1.00 bits per heavy atom. The largest absolute Gasteiger partial charge is 0.497 e. The molecule has 4 atom stereocenters. The van der Waals surface area contributed by atoms with Crippen LogP contribution in [0.1, 0.15) is 83.6 Å². The molecule has 0 fully saturated rings. The Labute approximate surface area is 243 Å². The SMILES string of the molecule is CCCCCC(C)OP(=O)(O)OCC(CO)NC(=O)CCCCCNC(=O)[C@@H](C)c1ccc2cc(OC)ccc2c1. The first-order valence-electron chi connectivity index (χ1n) is 14.5. The normalized spacial score (nSPS) is 15.1. The quantitative estimate of drug-likeness (QED) is 0.121. The lowest BCUT2D eigenvalue weighted by molar-refractivity contribution is -0.123. The zero-order valence-electron chi connectivity index (χ0n) is 24.8. The minimum Gasteiger partial charge on any atom is -0.497 e. The van der Waals surface area contributed by atoms with Crippen molar-refractivity contribution < 1.29 is 37.9 Å². The van der Waals surface area contributed by atoms with Crippen molar-refractivity contribution in [1.82, 2.24) is 10.6 Å². The number of phosphoric acid groups is 1. The molecule has 0 spiro atoms. The van der Waals surface area contributed by atoms with Gasteiger partial charge in [0.1, 0.15) is 5.75 Å². The first-order chi connectivity index (χ1) is 19.6. The van der Waals surface area contributed by atoms with E-state index in [1.54, 1.807) is 14.0 Å². The average molecular weight is 595 g/mol. The molecule has 41 heavy (non-hydrogen) atoms. The third-order valence-corrected chi connectivity index (χ3v) is 8.00. The molecule has 10 nitrogen and oxygen atoms in total. The Hall–Kier alpha value is -2.49. The van der Waals surface area contributed by atoms with Crippen molar-refractivity contribution >= 4 is 30.4 Å². The van der Waals surface area contributed by atoms with Crippen LogP contribution in [0.15, 0.2) is 36.4 Å². The van der Waals surface area contributed by atoms with Crippen molar-refractivity contribution in [1.29, 1.82) is 0 Å². The molecule has 0 bridgehead atoms. The van der Waals surface area contributed by atoms with Crippen LogP contribution in [0.4, 0.5) is 0 Å². The number of benzene rings is 2. The molecule has 0 aliphatic carbocycles. The summed E-state index contributed by atoms with van der Waals surface area (Å²) in [6.45, 7) is 5.39. The Morgan fingerprint density at radius 2 is 1.73 bits per heavy atom. The molecular formula is C30H47N2O8P. The number of methoxy groups -OCH3 is 1. The summed E-state index contributed by atoms with van der Waals surface area (Å²) in [5.74, 6) is 0.147. The maximum atomic E-state index is 12.6. The summed E-state index contributed by atoms with van der Waals surface area (Å²) < 4.78 is 27.5. The van der Waals surface area contributed by atoms with Crippen LogP contribution in [-0.2, 0) is 23.2 Å². The fourth-order valence-corrected chi connectivity index (χ4v) is 5.35. The number of ether oxygens (including phenoxy) is 1. The lowest BCUT2D eigenvalue weighted by atomic mass is 9.97. The fourth-order valence-electron chi connectivity index (χ4n) is 4.36. The summed E-state index contributed by atoms with van der Waals surface area (Å²) in [7, 11) is -2.66. The summed E-state index contributed by atoms with van der Waals surface area (Å²) in [6.07, 6.45) is 5.43. The van der Waals surface area contributed by atoms with E-state index in [1.165, 1.54) is 0 Å². The third kappa shape index (κ3) is 12.9. The minimum atomic E-state index is -4.29. The van der Waals surface area contributed by atoms with E-state index in [2.05, 4.69) is 17.6 Å². The highest BCUT2D eigenvalue weighted by molar-refractivity contribution is 7.47. The molecular weight excluding hydrogens is 547 g/mol. The predicted octanol–water partition coefficient (Wildman–Crippen LogP) is 5.21. The van der Waals surface area contributed by atoms with Crippen LogP contribution in [0.5, 0.6) is 5.75 Å². The summed E-state index contributed by atoms with van der Waals surface area (Å²) in [5.41, 5.74) is 0.935. The number of carbonyl (C=O) groups is 2. The summed E-state index contributed by atoms with van der Waals surface area (Å²) in [6, 6.07) is 11.0. The van der Waals surface area contributed by atoms with Gasteiger partial charge in [-0.05, 0) is 61.6 Å². The molecule has 230 valence electrons. The zero-order valence-corrected chi connectivity index (χ0v) is 25.7. The number of unbranched alkanes of at least 4 members (excludes halogenated alkanes) is 4. The van der Waals surface area contributed by atoms with Gasteiger partial charge in [-0.2, -0.15) is 0 Å². The van der Waals surface area contributed by atoms with Gasteiger partial charge in [0, 0.05) is 13.0 Å². The first-order valence-corrected chi connectivity index (χ1v) is 16.0.